The first-order valence-electron chi connectivity index (χ1n) is 8.94. The molecular weight excluding hydrogens is 360 g/mol. The summed E-state index contributed by atoms with van der Waals surface area (Å²) in [6.45, 7) is 1.94. The lowest BCUT2D eigenvalue weighted by Crippen LogP contribution is -2.34. The molecule has 2 amide bonds. The first kappa shape index (κ1) is 21.0. The number of ether oxygens (including phenoxy) is 2. The zero-order valence-corrected chi connectivity index (χ0v) is 16.0. The number of amides is 2. The Morgan fingerprint density at radius 2 is 1.68 bits per heavy atom. The van der Waals surface area contributed by atoms with E-state index in [-0.39, 0.29) is 19.1 Å². The van der Waals surface area contributed by atoms with Crippen LogP contribution in [0.3, 0.4) is 0 Å². The molecular formula is C21H24N2O5. The van der Waals surface area contributed by atoms with E-state index >= 15 is 0 Å². The highest BCUT2D eigenvalue weighted by Crippen LogP contribution is 2.17. The third-order valence-electron chi connectivity index (χ3n) is 3.87. The fourth-order valence-corrected chi connectivity index (χ4v) is 2.43. The minimum absolute atomic E-state index is 0.328. The van der Waals surface area contributed by atoms with Gasteiger partial charge in [-0.25, -0.2) is 0 Å². The zero-order valence-electron chi connectivity index (χ0n) is 16.0. The van der Waals surface area contributed by atoms with Crippen LogP contribution in [-0.2, 0) is 20.9 Å². The molecule has 7 heteroatoms. The van der Waals surface area contributed by atoms with Crippen LogP contribution in [0.4, 0.5) is 0 Å². The molecule has 0 bridgehead atoms. The Balaban J connectivity index is 1.76. The third kappa shape index (κ3) is 6.42. The summed E-state index contributed by atoms with van der Waals surface area (Å²) >= 11 is 0. The van der Waals surface area contributed by atoms with Crippen molar-refractivity contribution in [3.63, 3.8) is 0 Å². The second kappa shape index (κ2) is 10.7. The Morgan fingerprint density at radius 1 is 1.00 bits per heavy atom. The largest absolute Gasteiger partial charge is 0.493 e. The predicted molar refractivity (Wildman–Crippen MR) is 104 cm³/mol. The fraction of sp³-hybridized carbons (Fsp3) is 0.286. The van der Waals surface area contributed by atoms with Crippen LogP contribution in [-0.4, -0.2) is 49.5 Å². The summed E-state index contributed by atoms with van der Waals surface area (Å²) in [6.07, 6.45) is 0. The van der Waals surface area contributed by atoms with Crippen molar-refractivity contribution in [3.05, 3.63) is 65.7 Å². The lowest BCUT2D eigenvalue weighted by molar-refractivity contribution is -0.150. The third-order valence-corrected chi connectivity index (χ3v) is 3.87. The van der Waals surface area contributed by atoms with Gasteiger partial charge in [-0.2, -0.15) is 0 Å². The van der Waals surface area contributed by atoms with Crippen LogP contribution in [0.15, 0.2) is 54.6 Å². The monoisotopic (exact) mass is 384 g/mol. The highest BCUT2D eigenvalue weighted by Gasteiger charge is 2.15. The van der Waals surface area contributed by atoms with Gasteiger partial charge in [0.25, 0.3) is 11.8 Å². The van der Waals surface area contributed by atoms with Gasteiger partial charge in [-0.05, 0) is 24.6 Å². The minimum atomic E-state index is -0.691. The van der Waals surface area contributed by atoms with Gasteiger partial charge >= 0.3 is 5.97 Å². The van der Waals surface area contributed by atoms with Crippen molar-refractivity contribution in [2.24, 2.45) is 0 Å². The SMILES string of the molecule is CCOc1ccccc1C(=O)NCC(=O)OCC(=O)N(C)Cc1ccccc1. The van der Waals surface area contributed by atoms with Crippen molar-refractivity contribution in [1.29, 1.82) is 0 Å². The number of hydrogen-bond acceptors (Lipinski definition) is 5. The van der Waals surface area contributed by atoms with Crippen LogP contribution in [0.25, 0.3) is 0 Å². The molecule has 0 aliphatic rings. The second-order valence-corrected chi connectivity index (χ2v) is 6.01. The smallest absolute Gasteiger partial charge is 0.325 e. The van der Waals surface area contributed by atoms with Crippen LogP contribution in [0.5, 0.6) is 5.75 Å². The van der Waals surface area contributed by atoms with Crippen LogP contribution in [0.1, 0.15) is 22.8 Å². The summed E-state index contributed by atoms with van der Waals surface area (Å²) in [5.74, 6) is -1.03. The van der Waals surface area contributed by atoms with Crippen molar-refractivity contribution < 1.29 is 23.9 Å². The molecule has 0 saturated carbocycles. The van der Waals surface area contributed by atoms with E-state index in [1.54, 1.807) is 31.3 Å². The summed E-state index contributed by atoms with van der Waals surface area (Å²) in [7, 11) is 1.63. The second-order valence-electron chi connectivity index (χ2n) is 6.01. The molecule has 0 radical (unpaired) electrons. The van der Waals surface area contributed by atoms with E-state index in [0.29, 0.717) is 24.5 Å². The molecule has 0 aliphatic carbocycles. The molecule has 148 valence electrons. The summed E-state index contributed by atoms with van der Waals surface area (Å²) in [5, 5.41) is 2.47. The molecule has 2 rings (SSSR count). The maximum absolute atomic E-state index is 12.2. The van der Waals surface area contributed by atoms with E-state index in [1.807, 2.05) is 37.3 Å². The number of benzene rings is 2. The topological polar surface area (TPSA) is 84.9 Å². The van der Waals surface area contributed by atoms with E-state index < -0.39 is 11.9 Å². The molecule has 7 nitrogen and oxygen atoms in total. The highest BCUT2D eigenvalue weighted by atomic mass is 16.5. The molecule has 28 heavy (non-hydrogen) atoms. The first-order chi connectivity index (χ1) is 13.5. The zero-order chi connectivity index (χ0) is 20.4. The van der Waals surface area contributed by atoms with Gasteiger partial charge in [-0.15, -0.1) is 0 Å². The average molecular weight is 384 g/mol. The Labute approximate surface area is 164 Å². The van der Waals surface area contributed by atoms with Crippen LogP contribution < -0.4 is 10.1 Å². The molecule has 0 unspecified atom stereocenters. The normalized spacial score (nSPS) is 10.1. The summed E-state index contributed by atoms with van der Waals surface area (Å²) in [5.41, 5.74) is 1.31. The first-order valence-corrected chi connectivity index (χ1v) is 8.94. The number of hydrogen-bond donors (Lipinski definition) is 1. The molecule has 2 aromatic rings. The van der Waals surface area contributed by atoms with E-state index in [4.69, 9.17) is 9.47 Å². The fourth-order valence-electron chi connectivity index (χ4n) is 2.43. The van der Waals surface area contributed by atoms with Crippen LogP contribution >= 0.6 is 0 Å². The number of nitrogens with one attached hydrogen (secondary N) is 1. The standard InChI is InChI=1S/C21H24N2O5/c1-3-27-18-12-8-7-11-17(18)21(26)22-13-20(25)28-15-19(24)23(2)14-16-9-5-4-6-10-16/h4-12H,3,13-15H2,1-2H3,(H,22,26). The van der Waals surface area contributed by atoms with Crippen molar-refractivity contribution >= 4 is 17.8 Å². The van der Waals surface area contributed by atoms with Crippen molar-refractivity contribution in [1.82, 2.24) is 10.2 Å². The van der Waals surface area contributed by atoms with Gasteiger partial charge in [-0.1, -0.05) is 42.5 Å². The highest BCUT2D eigenvalue weighted by molar-refractivity contribution is 5.98. The Hall–Kier alpha value is -3.35. The molecule has 0 atom stereocenters. The Bertz CT molecular complexity index is 807. The number of para-hydroxylation sites is 1. The Kier molecular flexibility index (Phi) is 8.02. The maximum atomic E-state index is 12.2. The maximum Gasteiger partial charge on any atom is 0.325 e. The van der Waals surface area contributed by atoms with Gasteiger partial charge in [0.2, 0.25) is 0 Å². The number of likely N-dealkylation sites (N-methyl/N-ethyl adjacent to an activating group) is 1. The molecule has 0 aliphatic heterocycles. The lowest BCUT2D eigenvalue weighted by Gasteiger charge is -2.17. The van der Waals surface area contributed by atoms with E-state index in [1.165, 1.54) is 4.90 Å². The van der Waals surface area contributed by atoms with Crippen molar-refractivity contribution in [2.75, 3.05) is 26.8 Å². The molecule has 0 heterocycles. The minimum Gasteiger partial charge on any atom is -0.493 e. The quantitative estimate of drug-likeness (QED) is 0.669. The van der Waals surface area contributed by atoms with Gasteiger partial charge in [0, 0.05) is 13.6 Å². The van der Waals surface area contributed by atoms with Gasteiger partial charge in [0.1, 0.15) is 12.3 Å². The van der Waals surface area contributed by atoms with Gasteiger partial charge in [0.05, 0.1) is 12.2 Å². The van der Waals surface area contributed by atoms with Gasteiger partial charge in [0.15, 0.2) is 6.61 Å². The van der Waals surface area contributed by atoms with Crippen molar-refractivity contribution in [2.45, 2.75) is 13.5 Å². The molecule has 0 aromatic heterocycles. The van der Waals surface area contributed by atoms with Crippen molar-refractivity contribution in [3.8, 4) is 5.75 Å². The molecule has 0 spiro atoms. The van der Waals surface area contributed by atoms with Gasteiger partial charge < -0.3 is 19.7 Å². The van der Waals surface area contributed by atoms with Gasteiger partial charge in [-0.3, -0.25) is 14.4 Å². The number of carbonyl (C=O) groups is 3. The average Bonchev–Trinajstić information content (AvgIpc) is 2.71. The predicted octanol–water partition coefficient (Wildman–Crippen LogP) is 2.02. The van der Waals surface area contributed by atoms with E-state index in [0.717, 1.165) is 5.56 Å². The number of carbonyl (C=O) groups excluding carboxylic acids is 3. The number of esters is 1. The summed E-state index contributed by atoms with van der Waals surface area (Å²) in [6, 6.07) is 16.2. The van der Waals surface area contributed by atoms with Crippen LogP contribution in [0.2, 0.25) is 0 Å². The molecule has 0 fully saturated rings. The molecule has 1 N–H and O–H groups in total. The summed E-state index contributed by atoms with van der Waals surface area (Å²) < 4.78 is 10.3. The number of rotatable bonds is 9. The lowest BCUT2D eigenvalue weighted by atomic mass is 10.2. The Morgan fingerprint density at radius 3 is 2.39 bits per heavy atom. The number of nitrogens with zero attached hydrogens (tertiary/aromatic N) is 1. The van der Waals surface area contributed by atoms with E-state index in [2.05, 4.69) is 5.32 Å². The van der Waals surface area contributed by atoms with E-state index in [9.17, 15) is 14.4 Å². The van der Waals surface area contributed by atoms with Crippen LogP contribution in [0, 0.1) is 0 Å². The summed E-state index contributed by atoms with van der Waals surface area (Å²) in [4.78, 5) is 37.6. The molecule has 0 saturated heterocycles. The molecule has 2 aromatic carbocycles.